The Morgan fingerprint density at radius 3 is 2.33 bits per heavy atom. The van der Waals surface area contributed by atoms with Crippen molar-refractivity contribution in [3.63, 3.8) is 0 Å². The van der Waals surface area contributed by atoms with Crippen molar-refractivity contribution >= 4 is 8.03 Å². The number of hydrogen-bond donors (Lipinski definition) is 1. The average Bonchev–Trinajstić information content (AvgIpc) is 2.06. The van der Waals surface area contributed by atoms with Crippen molar-refractivity contribution in [2.45, 2.75) is 12.3 Å². The van der Waals surface area contributed by atoms with Crippen LogP contribution >= 0.6 is 8.03 Å². The molecule has 4 heteroatoms. The topological polar surface area (TPSA) is 60.4 Å². The molecule has 12 heavy (non-hydrogen) atoms. The molecule has 0 spiro atoms. The number of hydrogen-bond acceptors (Lipinski definition) is 3. The van der Waals surface area contributed by atoms with E-state index in [1.54, 1.807) is 30.3 Å². The van der Waals surface area contributed by atoms with Gasteiger partial charge in [-0.1, -0.05) is 34.9 Å². The minimum Gasteiger partial charge on any atom is -0.593 e. The van der Waals surface area contributed by atoms with Crippen LogP contribution in [0.3, 0.4) is 0 Å². The monoisotopic (exact) mass is 184 g/mol. The molecule has 1 aromatic carbocycles. The van der Waals surface area contributed by atoms with Crippen LogP contribution in [0.25, 0.3) is 0 Å². The van der Waals surface area contributed by atoms with Crippen molar-refractivity contribution < 1.29 is 14.6 Å². The molecule has 0 aliphatic heterocycles. The van der Waals surface area contributed by atoms with E-state index in [9.17, 15) is 14.6 Å². The van der Waals surface area contributed by atoms with Gasteiger partial charge in [0.1, 0.15) is 0 Å². The van der Waals surface area contributed by atoms with E-state index in [2.05, 4.69) is 0 Å². The predicted octanol–water partition coefficient (Wildman–Crippen LogP) is 0.954. The van der Waals surface area contributed by atoms with E-state index >= 15 is 0 Å². The first-order chi connectivity index (χ1) is 5.55. The van der Waals surface area contributed by atoms with Gasteiger partial charge in [0, 0.05) is 12.5 Å². The Morgan fingerprint density at radius 1 is 1.42 bits per heavy atom. The maximum absolute atomic E-state index is 10.6. The molecule has 0 bridgehead atoms. The van der Waals surface area contributed by atoms with Crippen LogP contribution in [0.4, 0.5) is 0 Å². The van der Waals surface area contributed by atoms with Crippen LogP contribution in [-0.2, 0) is 9.91 Å². The SMILES string of the molecule is CC(O)(c1ccccc1)[P+](=O)[O-]. The molecule has 3 nitrogen and oxygen atoms in total. The molecule has 2 unspecified atom stereocenters. The van der Waals surface area contributed by atoms with E-state index in [1.807, 2.05) is 0 Å². The van der Waals surface area contributed by atoms with Gasteiger partial charge in [0.05, 0.1) is 0 Å². The Kier molecular flexibility index (Phi) is 2.58. The molecule has 64 valence electrons. The maximum Gasteiger partial charge on any atom is 0.349 e. The second-order valence-electron chi connectivity index (χ2n) is 2.64. The molecule has 0 aliphatic rings. The third-order valence-electron chi connectivity index (χ3n) is 1.68. The van der Waals surface area contributed by atoms with Crippen LogP contribution < -0.4 is 4.89 Å². The molecule has 1 N–H and O–H groups in total. The highest BCUT2D eigenvalue weighted by Gasteiger charge is 2.36. The predicted molar refractivity (Wildman–Crippen MR) is 43.6 cm³/mol. The molecule has 0 fully saturated rings. The maximum atomic E-state index is 10.6. The summed E-state index contributed by atoms with van der Waals surface area (Å²) in [5.74, 6) is 0. The smallest absolute Gasteiger partial charge is 0.349 e. The number of rotatable bonds is 2. The van der Waals surface area contributed by atoms with Gasteiger partial charge >= 0.3 is 8.03 Å². The van der Waals surface area contributed by atoms with E-state index in [4.69, 9.17) is 0 Å². The van der Waals surface area contributed by atoms with Crippen molar-refractivity contribution in [3.05, 3.63) is 35.9 Å². The fourth-order valence-corrected chi connectivity index (χ4v) is 1.22. The lowest BCUT2D eigenvalue weighted by molar-refractivity contribution is -0.179. The molecular weight excluding hydrogens is 175 g/mol. The van der Waals surface area contributed by atoms with Crippen molar-refractivity contribution in [2.24, 2.45) is 0 Å². The molecule has 1 rings (SSSR count). The highest BCUT2D eigenvalue weighted by molar-refractivity contribution is 7.37. The summed E-state index contributed by atoms with van der Waals surface area (Å²) in [6.07, 6.45) is 0. The van der Waals surface area contributed by atoms with Crippen molar-refractivity contribution in [1.82, 2.24) is 0 Å². The third kappa shape index (κ3) is 1.69. The zero-order valence-electron chi connectivity index (χ0n) is 6.60. The van der Waals surface area contributed by atoms with Crippen LogP contribution in [0.15, 0.2) is 30.3 Å². The van der Waals surface area contributed by atoms with Crippen LogP contribution in [0.1, 0.15) is 12.5 Å². The summed E-state index contributed by atoms with van der Waals surface area (Å²) in [7, 11) is -2.86. The Hall–Kier alpha value is -0.760. The van der Waals surface area contributed by atoms with Gasteiger partial charge < -0.3 is 10.00 Å². The molecule has 1 aromatic rings. The van der Waals surface area contributed by atoms with E-state index in [0.29, 0.717) is 5.56 Å². The second kappa shape index (κ2) is 3.31. The minimum atomic E-state index is -2.86. The van der Waals surface area contributed by atoms with Gasteiger partial charge in [0.25, 0.3) is 5.34 Å². The molecule has 2 atom stereocenters. The lowest BCUT2D eigenvalue weighted by Gasteiger charge is -2.13. The molecule has 0 radical (unpaired) electrons. The fourth-order valence-electron chi connectivity index (χ4n) is 0.859. The largest absolute Gasteiger partial charge is 0.593 e. The zero-order chi connectivity index (χ0) is 9.19. The highest BCUT2D eigenvalue weighted by atomic mass is 31.1. The van der Waals surface area contributed by atoms with E-state index < -0.39 is 13.4 Å². The molecular formula is C8H9O3P. The van der Waals surface area contributed by atoms with Crippen LogP contribution in [0, 0.1) is 0 Å². The van der Waals surface area contributed by atoms with E-state index in [1.165, 1.54) is 6.92 Å². The molecule has 0 aromatic heterocycles. The fraction of sp³-hybridized carbons (Fsp3) is 0.250. The van der Waals surface area contributed by atoms with Gasteiger partial charge in [0.2, 0.25) is 0 Å². The Balaban J connectivity index is 3.06. The van der Waals surface area contributed by atoms with Crippen LogP contribution in [-0.4, -0.2) is 5.11 Å². The van der Waals surface area contributed by atoms with Crippen molar-refractivity contribution in [1.29, 1.82) is 0 Å². The molecule has 0 saturated carbocycles. The first-order valence-corrected chi connectivity index (χ1v) is 4.65. The number of benzene rings is 1. The standard InChI is InChI=1S/C8H9O3P/c1-8(9,12(10)11)7-5-3-2-4-6-7/h2-6,9H,1H3. The lowest BCUT2D eigenvalue weighted by atomic mass is 10.1. The lowest BCUT2D eigenvalue weighted by Crippen LogP contribution is -2.20. The first-order valence-electron chi connectivity index (χ1n) is 3.47. The Bertz CT molecular complexity index is 282. The Morgan fingerprint density at radius 2 is 1.92 bits per heavy atom. The van der Waals surface area contributed by atoms with Crippen molar-refractivity contribution in [2.75, 3.05) is 0 Å². The van der Waals surface area contributed by atoms with Crippen molar-refractivity contribution in [3.8, 4) is 0 Å². The normalized spacial score (nSPS) is 16.8. The molecule has 0 aliphatic carbocycles. The van der Waals surface area contributed by atoms with Gasteiger partial charge in [-0.15, -0.1) is 0 Å². The highest BCUT2D eigenvalue weighted by Crippen LogP contribution is 2.38. The molecule has 0 heterocycles. The second-order valence-corrected chi connectivity index (χ2v) is 4.03. The van der Waals surface area contributed by atoms with Gasteiger partial charge in [-0.3, -0.25) is 0 Å². The molecule has 0 amide bonds. The van der Waals surface area contributed by atoms with Crippen LogP contribution in [0.5, 0.6) is 0 Å². The summed E-state index contributed by atoms with van der Waals surface area (Å²) >= 11 is 0. The summed E-state index contributed by atoms with van der Waals surface area (Å²) < 4.78 is 10.6. The third-order valence-corrected chi connectivity index (χ3v) is 2.65. The molecule has 0 saturated heterocycles. The summed E-state index contributed by atoms with van der Waals surface area (Å²) in [6, 6.07) is 8.28. The Labute approximate surface area is 71.5 Å². The van der Waals surface area contributed by atoms with Gasteiger partial charge in [-0.25, -0.2) is 0 Å². The number of aliphatic hydroxyl groups is 1. The summed E-state index contributed by atoms with van der Waals surface area (Å²) in [5, 5.41) is 7.71. The van der Waals surface area contributed by atoms with E-state index in [0.717, 1.165) is 0 Å². The summed E-state index contributed by atoms with van der Waals surface area (Å²) in [5.41, 5.74) is 0.390. The first kappa shape index (κ1) is 9.33. The summed E-state index contributed by atoms with van der Waals surface area (Å²) in [6.45, 7) is 1.26. The average molecular weight is 184 g/mol. The van der Waals surface area contributed by atoms with Gasteiger partial charge in [0.15, 0.2) is 0 Å². The van der Waals surface area contributed by atoms with Crippen LogP contribution in [0.2, 0.25) is 0 Å². The minimum absolute atomic E-state index is 0.390. The van der Waals surface area contributed by atoms with Gasteiger partial charge in [-0.05, 0) is 0 Å². The zero-order valence-corrected chi connectivity index (χ0v) is 7.49. The summed E-state index contributed by atoms with van der Waals surface area (Å²) in [4.78, 5) is 10.6. The van der Waals surface area contributed by atoms with E-state index in [-0.39, 0.29) is 0 Å². The van der Waals surface area contributed by atoms with Gasteiger partial charge in [-0.2, -0.15) is 0 Å². The quantitative estimate of drug-likeness (QED) is 0.696.